The van der Waals surface area contributed by atoms with Gasteiger partial charge < -0.3 is 14.9 Å². The van der Waals surface area contributed by atoms with Gasteiger partial charge >= 0.3 is 5.97 Å². The Labute approximate surface area is 116 Å². The lowest BCUT2D eigenvalue weighted by molar-refractivity contribution is -0.141. The number of aliphatic carboxylic acids is 1. The number of hydrogen-bond acceptors (Lipinski definition) is 3. The Balaban J connectivity index is 2.27. The van der Waals surface area contributed by atoms with Crippen LogP contribution in [-0.2, 0) is 4.79 Å². The van der Waals surface area contributed by atoms with E-state index in [2.05, 4.69) is 0 Å². The number of hydrogen-bond donors (Lipinski definition) is 1. The fraction of sp³-hybridized carbons (Fsp3) is 0.429. The quantitative estimate of drug-likeness (QED) is 0.913. The minimum absolute atomic E-state index is 0.0799. The first kappa shape index (κ1) is 14.3. The maximum absolute atomic E-state index is 14.0. The molecule has 0 saturated carbocycles. The zero-order valence-electron chi connectivity index (χ0n) is 11.5. The van der Waals surface area contributed by atoms with E-state index in [0.717, 1.165) is 0 Å². The van der Waals surface area contributed by atoms with E-state index in [4.69, 9.17) is 5.11 Å². The topological polar surface area (TPSA) is 60.9 Å². The Morgan fingerprint density at radius 3 is 2.65 bits per heavy atom. The molecule has 108 valence electrons. The second-order valence-electron chi connectivity index (χ2n) is 5.05. The van der Waals surface area contributed by atoms with Gasteiger partial charge in [0.2, 0.25) is 0 Å². The van der Waals surface area contributed by atoms with E-state index in [0.29, 0.717) is 25.1 Å². The molecule has 1 atom stereocenters. The van der Waals surface area contributed by atoms with Crippen LogP contribution in [0.4, 0.5) is 10.1 Å². The number of carboxylic acid groups (broad SMARTS) is 1. The highest BCUT2D eigenvalue weighted by atomic mass is 19.1. The molecule has 1 fully saturated rings. The zero-order chi connectivity index (χ0) is 14.9. The Kier molecular flexibility index (Phi) is 3.92. The molecule has 1 aromatic carbocycles. The van der Waals surface area contributed by atoms with Crippen molar-refractivity contribution in [3.05, 3.63) is 29.6 Å². The van der Waals surface area contributed by atoms with Gasteiger partial charge in [0, 0.05) is 26.3 Å². The van der Waals surface area contributed by atoms with Crippen molar-refractivity contribution in [2.45, 2.75) is 18.9 Å². The molecule has 5 nitrogen and oxygen atoms in total. The normalized spacial score (nSPS) is 18.1. The van der Waals surface area contributed by atoms with Crippen LogP contribution in [-0.4, -0.2) is 48.6 Å². The Morgan fingerprint density at radius 2 is 2.10 bits per heavy atom. The van der Waals surface area contributed by atoms with Crippen LogP contribution in [0.15, 0.2) is 18.2 Å². The zero-order valence-corrected chi connectivity index (χ0v) is 11.5. The molecule has 1 amide bonds. The fourth-order valence-electron chi connectivity index (χ4n) is 2.38. The first-order valence-corrected chi connectivity index (χ1v) is 6.42. The van der Waals surface area contributed by atoms with Gasteiger partial charge in [-0.05, 0) is 31.0 Å². The number of carbonyl (C=O) groups is 2. The largest absolute Gasteiger partial charge is 0.480 e. The predicted molar refractivity (Wildman–Crippen MR) is 72.4 cm³/mol. The third-order valence-corrected chi connectivity index (χ3v) is 3.50. The van der Waals surface area contributed by atoms with Gasteiger partial charge in [-0.25, -0.2) is 9.18 Å². The molecular formula is C14H17FN2O3. The summed E-state index contributed by atoms with van der Waals surface area (Å²) in [4.78, 5) is 26.3. The third kappa shape index (κ3) is 2.59. The minimum atomic E-state index is -1.04. The van der Waals surface area contributed by atoms with Crippen LogP contribution in [0.25, 0.3) is 0 Å². The van der Waals surface area contributed by atoms with E-state index in [1.165, 1.54) is 17.0 Å². The van der Waals surface area contributed by atoms with Crippen molar-refractivity contribution in [2.75, 3.05) is 25.5 Å². The molecule has 1 saturated heterocycles. The third-order valence-electron chi connectivity index (χ3n) is 3.50. The molecule has 0 aromatic heterocycles. The van der Waals surface area contributed by atoms with Crippen molar-refractivity contribution in [1.29, 1.82) is 0 Å². The van der Waals surface area contributed by atoms with Crippen LogP contribution in [0.5, 0.6) is 0 Å². The summed E-state index contributed by atoms with van der Waals surface area (Å²) in [5.74, 6) is -2.23. The second kappa shape index (κ2) is 5.48. The van der Waals surface area contributed by atoms with Crippen LogP contribution in [0, 0.1) is 5.82 Å². The summed E-state index contributed by atoms with van der Waals surface area (Å²) in [5.41, 5.74) is 0.569. The molecule has 20 heavy (non-hydrogen) atoms. The first-order chi connectivity index (χ1) is 9.41. The molecule has 6 heteroatoms. The van der Waals surface area contributed by atoms with E-state index < -0.39 is 23.7 Å². The summed E-state index contributed by atoms with van der Waals surface area (Å²) in [6.45, 7) is 0.352. The monoisotopic (exact) mass is 280 g/mol. The highest BCUT2D eigenvalue weighted by Crippen LogP contribution is 2.23. The molecule has 0 bridgehead atoms. The number of anilines is 1. The highest BCUT2D eigenvalue weighted by Gasteiger charge is 2.35. The Hall–Kier alpha value is -2.11. The molecule has 1 heterocycles. The van der Waals surface area contributed by atoms with Crippen LogP contribution < -0.4 is 4.90 Å². The second-order valence-corrected chi connectivity index (χ2v) is 5.05. The van der Waals surface area contributed by atoms with Crippen LogP contribution >= 0.6 is 0 Å². The highest BCUT2D eigenvalue weighted by molar-refractivity contribution is 5.97. The number of benzene rings is 1. The maximum atomic E-state index is 14.0. The molecule has 1 aromatic rings. The number of rotatable bonds is 3. The summed E-state index contributed by atoms with van der Waals surface area (Å²) in [5, 5.41) is 9.07. The van der Waals surface area contributed by atoms with Gasteiger partial charge in [0.15, 0.2) is 0 Å². The standard InChI is InChI=1S/C14H17FN2O3/c1-16(2)9-5-6-10(11(15)8-9)13(18)17-7-3-4-12(17)14(19)20/h5-6,8,12H,3-4,7H2,1-2H3,(H,19,20)/t12-/m0/s1. The van der Waals surface area contributed by atoms with Gasteiger partial charge in [-0.15, -0.1) is 0 Å². The number of carboxylic acids is 1. The lowest BCUT2D eigenvalue weighted by atomic mass is 10.1. The summed E-state index contributed by atoms with van der Waals surface area (Å²) in [6, 6.07) is 3.47. The number of amides is 1. The van der Waals surface area contributed by atoms with Gasteiger partial charge in [0.05, 0.1) is 5.56 Å². The molecule has 0 radical (unpaired) electrons. The van der Waals surface area contributed by atoms with Crippen LogP contribution in [0.2, 0.25) is 0 Å². The van der Waals surface area contributed by atoms with Crippen molar-refractivity contribution < 1.29 is 19.1 Å². The minimum Gasteiger partial charge on any atom is -0.480 e. The van der Waals surface area contributed by atoms with Gasteiger partial charge in [-0.2, -0.15) is 0 Å². The van der Waals surface area contributed by atoms with Crippen molar-refractivity contribution >= 4 is 17.6 Å². The SMILES string of the molecule is CN(C)c1ccc(C(=O)N2CCC[C@H]2C(=O)O)c(F)c1. The van der Waals surface area contributed by atoms with Crippen molar-refractivity contribution in [2.24, 2.45) is 0 Å². The number of nitrogens with zero attached hydrogens (tertiary/aromatic N) is 2. The Bertz CT molecular complexity index is 545. The molecule has 1 N–H and O–H groups in total. The van der Waals surface area contributed by atoms with Crippen molar-refractivity contribution in [1.82, 2.24) is 4.90 Å². The summed E-state index contributed by atoms with van der Waals surface area (Å²) in [6.07, 6.45) is 1.04. The van der Waals surface area contributed by atoms with Gasteiger partial charge in [-0.1, -0.05) is 0 Å². The lowest BCUT2D eigenvalue weighted by Gasteiger charge is -2.22. The van der Waals surface area contributed by atoms with Crippen LogP contribution in [0.1, 0.15) is 23.2 Å². The average molecular weight is 280 g/mol. The number of carbonyl (C=O) groups excluding carboxylic acids is 1. The predicted octanol–water partition coefficient (Wildman–Crippen LogP) is 1.58. The smallest absolute Gasteiger partial charge is 0.326 e. The fourth-order valence-corrected chi connectivity index (χ4v) is 2.38. The molecule has 0 aliphatic carbocycles. The molecule has 2 rings (SSSR count). The Morgan fingerprint density at radius 1 is 1.40 bits per heavy atom. The van der Waals surface area contributed by atoms with Crippen LogP contribution in [0.3, 0.4) is 0 Å². The van der Waals surface area contributed by atoms with E-state index in [9.17, 15) is 14.0 Å². The summed E-state index contributed by atoms with van der Waals surface area (Å²) < 4.78 is 14.0. The first-order valence-electron chi connectivity index (χ1n) is 6.42. The number of halogens is 1. The van der Waals surface area contributed by atoms with Crippen molar-refractivity contribution in [3.8, 4) is 0 Å². The van der Waals surface area contributed by atoms with Gasteiger partial charge in [0.1, 0.15) is 11.9 Å². The lowest BCUT2D eigenvalue weighted by Crippen LogP contribution is -2.40. The number of likely N-dealkylation sites (tertiary alicyclic amines) is 1. The average Bonchev–Trinajstić information content (AvgIpc) is 2.87. The van der Waals surface area contributed by atoms with E-state index in [1.807, 2.05) is 0 Å². The van der Waals surface area contributed by atoms with E-state index >= 15 is 0 Å². The molecule has 0 spiro atoms. The van der Waals surface area contributed by atoms with E-state index in [1.54, 1.807) is 25.1 Å². The molecule has 1 aliphatic rings. The van der Waals surface area contributed by atoms with Gasteiger partial charge in [0.25, 0.3) is 5.91 Å². The van der Waals surface area contributed by atoms with Gasteiger partial charge in [-0.3, -0.25) is 4.79 Å². The van der Waals surface area contributed by atoms with E-state index in [-0.39, 0.29) is 5.56 Å². The molecule has 0 unspecified atom stereocenters. The van der Waals surface area contributed by atoms with Crippen molar-refractivity contribution in [3.63, 3.8) is 0 Å². The summed E-state index contributed by atoms with van der Waals surface area (Å²) in [7, 11) is 3.55. The summed E-state index contributed by atoms with van der Waals surface area (Å²) >= 11 is 0. The molecule has 1 aliphatic heterocycles. The molecular weight excluding hydrogens is 263 g/mol. The maximum Gasteiger partial charge on any atom is 0.326 e.